The number of benzene rings is 2. The summed E-state index contributed by atoms with van der Waals surface area (Å²) < 4.78 is 34.3. The van der Waals surface area contributed by atoms with Crippen molar-refractivity contribution < 1.29 is 13.5 Å². The molecule has 0 spiro atoms. The van der Waals surface area contributed by atoms with Crippen LogP contribution in [0, 0.1) is 25.5 Å². The number of halogens is 3. The summed E-state index contributed by atoms with van der Waals surface area (Å²) in [6, 6.07) is 10.7. The van der Waals surface area contributed by atoms with Crippen LogP contribution in [0.4, 0.5) is 8.78 Å². The lowest BCUT2D eigenvalue weighted by Crippen LogP contribution is -2.23. The van der Waals surface area contributed by atoms with E-state index in [-0.39, 0.29) is 28.0 Å². The van der Waals surface area contributed by atoms with Crippen molar-refractivity contribution in [2.24, 2.45) is 5.73 Å². The summed E-state index contributed by atoms with van der Waals surface area (Å²) in [6.45, 7) is 3.94. The Kier molecular flexibility index (Phi) is 5.96. The van der Waals surface area contributed by atoms with Crippen molar-refractivity contribution in [2.75, 3.05) is 0 Å². The Morgan fingerprint density at radius 2 is 1.86 bits per heavy atom. The summed E-state index contributed by atoms with van der Waals surface area (Å²) in [5, 5.41) is 0. The first-order chi connectivity index (χ1) is 13.3. The highest BCUT2D eigenvalue weighted by Crippen LogP contribution is 2.26. The molecule has 2 N–H and O–H groups in total. The molecule has 1 heterocycles. The molecule has 28 heavy (non-hydrogen) atoms. The van der Waals surface area contributed by atoms with Gasteiger partial charge in [-0.2, -0.15) is 0 Å². The molecule has 2 aromatic carbocycles. The average Bonchev–Trinajstić information content (AvgIpc) is 2.66. The third-order valence-corrected chi connectivity index (χ3v) is 5.18. The van der Waals surface area contributed by atoms with Crippen molar-refractivity contribution in [3.8, 4) is 11.4 Å². The molecule has 3 rings (SSSR count). The van der Waals surface area contributed by atoms with Crippen LogP contribution in [0.3, 0.4) is 0 Å². The van der Waals surface area contributed by atoms with Gasteiger partial charge in [0.25, 0.3) is 5.56 Å². The molecule has 1 aromatic heterocycles. The topological polar surface area (TPSA) is 57.2 Å². The summed E-state index contributed by atoms with van der Waals surface area (Å²) in [7, 11) is 0. The standard InChI is InChI=1S/C21H19BrF2N2O2/c1-12-3-4-14(10-25)8-18(12)26-13(2)7-19(20(22)21(26)27)28-11-15-5-6-16(23)9-17(15)24/h3-9H,10-11,25H2,1-2H3. The molecular weight excluding hydrogens is 430 g/mol. The maximum atomic E-state index is 13.8. The van der Waals surface area contributed by atoms with Gasteiger partial charge >= 0.3 is 0 Å². The summed E-state index contributed by atoms with van der Waals surface area (Å²) in [6.07, 6.45) is 0. The van der Waals surface area contributed by atoms with Gasteiger partial charge < -0.3 is 10.5 Å². The minimum Gasteiger partial charge on any atom is -0.487 e. The Bertz CT molecular complexity index is 1100. The number of rotatable bonds is 5. The van der Waals surface area contributed by atoms with Crippen LogP contribution in [0.2, 0.25) is 0 Å². The molecule has 7 heteroatoms. The van der Waals surface area contributed by atoms with Crippen LogP contribution in [0.5, 0.6) is 5.75 Å². The Morgan fingerprint density at radius 3 is 2.54 bits per heavy atom. The molecule has 146 valence electrons. The van der Waals surface area contributed by atoms with Gasteiger partial charge in [0.1, 0.15) is 28.5 Å². The fourth-order valence-electron chi connectivity index (χ4n) is 2.90. The summed E-state index contributed by atoms with van der Waals surface area (Å²) in [4.78, 5) is 13.0. The van der Waals surface area contributed by atoms with E-state index in [4.69, 9.17) is 10.5 Å². The zero-order valence-electron chi connectivity index (χ0n) is 15.4. The van der Waals surface area contributed by atoms with E-state index in [0.717, 1.165) is 28.9 Å². The summed E-state index contributed by atoms with van der Waals surface area (Å²) in [5.74, 6) is -1.07. The Labute approximate surface area is 169 Å². The lowest BCUT2D eigenvalue weighted by Gasteiger charge is -2.17. The Balaban J connectivity index is 1.98. The molecule has 0 aliphatic heterocycles. The van der Waals surface area contributed by atoms with Crippen molar-refractivity contribution in [1.29, 1.82) is 0 Å². The molecule has 4 nitrogen and oxygen atoms in total. The second-order valence-electron chi connectivity index (χ2n) is 6.45. The monoisotopic (exact) mass is 448 g/mol. The second kappa shape index (κ2) is 8.24. The number of aryl methyl sites for hydroxylation is 2. The van der Waals surface area contributed by atoms with Gasteiger partial charge in [-0.05, 0) is 59.1 Å². The minimum absolute atomic E-state index is 0.130. The van der Waals surface area contributed by atoms with E-state index < -0.39 is 11.6 Å². The van der Waals surface area contributed by atoms with E-state index in [0.29, 0.717) is 12.2 Å². The predicted octanol–water partition coefficient (Wildman–Crippen LogP) is 4.53. The third-order valence-electron chi connectivity index (χ3n) is 4.45. The van der Waals surface area contributed by atoms with Crippen LogP contribution < -0.4 is 16.0 Å². The number of hydrogen-bond donors (Lipinski definition) is 1. The van der Waals surface area contributed by atoms with E-state index in [9.17, 15) is 13.6 Å². The fraction of sp³-hybridized carbons (Fsp3) is 0.190. The predicted molar refractivity (Wildman–Crippen MR) is 108 cm³/mol. The largest absolute Gasteiger partial charge is 0.487 e. The second-order valence-corrected chi connectivity index (χ2v) is 7.25. The highest BCUT2D eigenvalue weighted by molar-refractivity contribution is 9.10. The number of ether oxygens (including phenoxy) is 1. The van der Waals surface area contributed by atoms with Crippen molar-refractivity contribution >= 4 is 15.9 Å². The first-order valence-electron chi connectivity index (χ1n) is 8.60. The van der Waals surface area contributed by atoms with E-state index in [1.807, 2.05) is 25.1 Å². The van der Waals surface area contributed by atoms with Gasteiger partial charge in [-0.25, -0.2) is 8.78 Å². The van der Waals surface area contributed by atoms with Crippen LogP contribution in [-0.4, -0.2) is 4.57 Å². The highest BCUT2D eigenvalue weighted by Gasteiger charge is 2.16. The molecule has 0 radical (unpaired) electrons. The normalized spacial score (nSPS) is 10.9. The third kappa shape index (κ3) is 4.00. The number of nitrogens with zero attached hydrogens (tertiary/aromatic N) is 1. The Hall–Kier alpha value is -2.51. The van der Waals surface area contributed by atoms with E-state index in [1.165, 1.54) is 6.07 Å². The van der Waals surface area contributed by atoms with Gasteiger partial charge in [0, 0.05) is 29.9 Å². The summed E-state index contributed by atoms with van der Waals surface area (Å²) in [5.41, 5.74) is 8.85. The van der Waals surface area contributed by atoms with Crippen LogP contribution >= 0.6 is 15.9 Å². The van der Waals surface area contributed by atoms with Crippen molar-refractivity contribution in [2.45, 2.75) is 27.0 Å². The van der Waals surface area contributed by atoms with Crippen LogP contribution in [-0.2, 0) is 13.2 Å². The molecule has 0 bridgehead atoms. The molecule has 0 aliphatic rings. The quantitative estimate of drug-likeness (QED) is 0.623. The molecule has 0 saturated carbocycles. The van der Waals surface area contributed by atoms with Gasteiger partial charge in [-0.3, -0.25) is 9.36 Å². The van der Waals surface area contributed by atoms with Crippen LogP contribution in [0.25, 0.3) is 5.69 Å². The highest BCUT2D eigenvalue weighted by atomic mass is 79.9. The number of hydrogen-bond acceptors (Lipinski definition) is 3. The number of nitrogens with two attached hydrogens (primary N) is 1. The van der Waals surface area contributed by atoms with Crippen LogP contribution in [0.15, 0.2) is 51.7 Å². The molecular formula is C21H19BrF2N2O2. The van der Waals surface area contributed by atoms with E-state index in [1.54, 1.807) is 17.6 Å². The van der Waals surface area contributed by atoms with Gasteiger partial charge in [-0.15, -0.1) is 0 Å². The zero-order chi connectivity index (χ0) is 20.4. The van der Waals surface area contributed by atoms with Crippen molar-refractivity contribution in [3.63, 3.8) is 0 Å². The molecule has 0 unspecified atom stereocenters. The SMILES string of the molecule is Cc1ccc(CN)cc1-n1c(C)cc(OCc2ccc(F)cc2F)c(Br)c1=O. The molecule has 0 saturated heterocycles. The van der Waals surface area contributed by atoms with Gasteiger partial charge in [0.05, 0.1) is 5.69 Å². The van der Waals surface area contributed by atoms with E-state index in [2.05, 4.69) is 15.9 Å². The van der Waals surface area contributed by atoms with Crippen LogP contribution in [0.1, 0.15) is 22.4 Å². The molecule has 0 fully saturated rings. The van der Waals surface area contributed by atoms with Gasteiger partial charge in [-0.1, -0.05) is 12.1 Å². The number of pyridine rings is 1. The maximum Gasteiger partial charge on any atom is 0.273 e. The van der Waals surface area contributed by atoms with E-state index >= 15 is 0 Å². The number of aromatic nitrogens is 1. The maximum absolute atomic E-state index is 13.8. The molecule has 0 atom stereocenters. The lowest BCUT2D eigenvalue weighted by molar-refractivity contribution is 0.296. The van der Waals surface area contributed by atoms with Gasteiger partial charge in [0.15, 0.2) is 0 Å². The lowest BCUT2D eigenvalue weighted by atomic mass is 10.1. The smallest absolute Gasteiger partial charge is 0.273 e. The molecule has 0 aliphatic carbocycles. The average molecular weight is 449 g/mol. The first kappa shape index (κ1) is 20.2. The summed E-state index contributed by atoms with van der Waals surface area (Å²) >= 11 is 3.29. The first-order valence-corrected chi connectivity index (χ1v) is 9.40. The zero-order valence-corrected chi connectivity index (χ0v) is 17.0. The van der Waals surface area contributed by atoms with Crippen molar-refractivity contribution in [3.05, 3.63) is 91.3 Å². The van der Waals surface area contributed by atoms with Crippen molar-refractivity contribution in [1.82, 2.24) is 4.57 Å². The molecule has 0 amide bonds. The fourth-order valence-corrected chi connectivity index (χ4v) is 3.31. The molecule has 3 aromatic rings. The minimum atomic E-state index is -0.699. The van der Waals surface area contributed by atoms with Gasteiger partial charge in [0.2, 0.25) is 0 Å². The Morgan fingerprint density at radius 1 is 1.11 bits per heavy atom.